The third-order valence-corrected chi connectivity index (χ3v) is 3.04. The third-order valence-electron chi connectivity index (χ3n) is 3.04. The molecule has 6 heteroatoms. The first kappa shape index (κ1) is 20.9. The predicted molar refractivity (Wildman–Crippen MR) is 90.2 cm³/mol. The minimum Gasteiger partial charge on any atom is -0.356 e. The summed E-state index contributed by atoms with van der Waals surface area (Å²) in [5, 5.41) is 5.80. The van der Waals surface area contributed by atoms with Crippen LogP contribution < -0.4 is 21.5 Å². The van der Waals surface area contributed by atoms with Gasteiger partial charge in [0.05, 0.1) is 0 Å². The molecule has 130 valence electrons. The summed E-state index contributed by atoms with van der Waals surface area (Å²) in [5.41, 5.74) is 5.50. The summed E-state index contributed by atoms with van der Waals surface area (Å²) in [6, 6.07) is 0. The van der Waals surface area contributed by atoms with E-state index in [1.807, 2.05) is 41.5 Å². The van der Waals surface area contributed by atoms with Crippen molar-refractivity contribution in [3.8, 4) is 0 Å². The maximum absolute atomic E-state index is 11.6. The van der Waals surface area contributed by atoms with E-state index in [-0.39, 0.29) is 22.6 Å². The highest BCUT2D eigenvalue weighted by Gasteiger charge is 2.20. The van der Waals surface area contributed by atoms with Crippen LogP contribution in [0.1, 0.15) is 54.4 Å². The Hall–Kier alpha value is -1.14. The summed E-state index contributed by atoms with van der Waals surface area (Å²) >= 11 is 0. The number of nitrogens with one attached hydrogen (secondary N) is 4. The van der Waals surface area contributed by atoms with Crippen LogP contribution in [0.2, 0.25) is 0 Å². The summed E-state index contributed by atoms with van der Waals surface area (Å²) in [6.07, 6.45) is 1.92. The topological polar surface area (TPSA) is 82.3 Å². The molecule has 0 heterocycles. The quantitative estimate of drug-likeness (QED) is 0.380. The number of hydrogen-bond acceptors (Lipinski definition) is 4. The van der Waals surface area contributed by atoms with Gasteiger partial charge >= 0.3 is 0 Å². The van der Waals surface area contributed by atoms with E-state index in [0.29, 0.717) is 19.6 Å². The van der Waals surface area contributed by atoms with Gasteiger partial charge in [0.25, 0.3) is 0 Å². The Labute approximate surface area is 135 Å². The zero-order valence-corrected chi connectivity index (χ0v) is 15.1. The molecule has 0 radical (unpaired) electrons. The summed E-state index contributed by atoms with van der Waals surface area (Å²) in [6.45, 7) is 14.2. The fourth-order valence-electron chi connectivity index (χ4n) is 1.49. The normalized spacial score (nSPS) is 12.1. The second-order valence-corrected chi connectivity index (χ2v) is 7.57. The van der Waals surface area contributed by atoms with Gasteiger partial charge in [0.1, 0.15) is 0 Å². The number of carbonyl (C=O) groups is 2. The van der Waals surface area contributed by atoms with Crippen molar-refractivity contribution in [1.29, 1.82) is 0 Å². The first-order chi connectivity index (χ1) is 10.0. The number of hydrazine groups is 1. The minimum absolute atomic E-state index is 0.0592. The minimum atomic E-state index is -0.342. The van der Waals surface area contributed by atoms with Gasteiger partial charge in [-0.05, 0) is 12.8 Å². The fraction of sp³-hybridized carbons (Fsp3) is 0.875. The van der Waals surface area contributed by atoms with Crippen molar-refractivity contribution in [1.82, 2.24) is 21.5 Å². The van der Waals surface area contributed by atoms with E-state index in [4.69, 9.17) is 0 Å². The predicted octanol–water partition coefficient (Wildman–Crippen LogP) is 1.19. The summed E-state index contributed by atoms with van der Waals surface area (Å²) in [7, 11) is 0. The summed E-state index contributed by atoms with van der Waals surface area (Å²) < 4.78 is 0. The molecule has 0 aliphatic carbocycles. The highest BCUT2D eigenvalue weighted by Crippen LogP contribution is 2.12. The molecule has 0 aromatic rings. The molecular weight excluding hydrogens is 280 g/mol. The summed E-state index contributed by atoms with van der Waals surface area (Å²) in [5.74, 6) is 0.150. The molecule has 0 spiro atoms. The van der Waals surface area contributed by atoms with Crippen LogP contribution in [0.25, 0.3) is 0 Å². The number of hydrogen-bond donors (Lipinski definition) is 4. The molecule has 0 bridgehead atoms. The van der Waals surface area contributed by atoms with E-state index in [1.54, 1.807) is 0 Å². The molecule has 0 fully saturated rings. The fourth-order valence-corrected chi connectivity index (χ4v) is 1.49. The molecule has 0 aromatic carbocycles. The lowest BCUT2D eigenvalue weighted by atomic mass is 9.96. The van der Waals surface area contributed by atoms with Gasteiger partial charge in [0.2, 0.25) is 11.8 Å². The van der Waals surface area contributed by atoms with E-state index < -0.39 is 0 Å². The van der Waals surface area contributed by atoms with E-state index in [9.17, 15) is 9.59 Å². The second kappa shape index (κ2) is 9.79. The average molecular weight is 314 g/mol. The van der Waals surface area contributed by atoms with Gasteiger partial charge in [0.15, 0.2) is 0 Å². The van der Waals surface area contributed by atoms with Crippen molar-refractivity contribution in [3.05, 3.63) is 0 Å². The molecule has 0 aliphatic heterocycles. The molecule has 0 saturated carbocycles. The third kappa shape index (κ3) is 10.6. The van der Waals surface area contributed by atoms with Gasteiger partial charge in [-0.3, -0.25) is 20.4 Å². The number of carbonyl (C=O) groups excluding carboxylic acids is 2. The van der Waals surface area contributed by atoms with Crippen LogP contribution in [0.15, 0.2) is 0 Å². The molecule has 0 aliphatic rings. The molecule has 6 nitrogen and oxygen atoms in total. The van der Waals surface area contributed by atoms with Gasteiger partial charge in [-0.25, -0.2) is 0 Å². The molecule has 0 atom stereocenters. The zero-order valence-electron chi connectivity index (χ0n) is 15.1. The Morgan fingerprint density at radius 3 is 1.55 bits per heavy atom. The molecule has 0 aromatic heterocycles. The van der Waals surface area contributed by atoms with E-state index in [0.717, 1.165) is 19.4 Å². The maximum atomic E-state index is 11.6. The van der Waals surface area contributed by atoms with Crippen molar-refractivity contribution < 1.29 is 9.59 Å². The first-order valence-corrected chi connectivity index (χ1v) is 8.07. The number of amides is 2. The Morgan fingerprint density at radius 2 is 1.05 bits per heavy atom. The van der Waals surface area contributed by atoms with Crippen LogP contribution in [0.4, 0.5) is 0 Å². The molecule has 22 heavy (non-hydrogen) atoms. The average Bonchev–Trinajstić information content (AvgIpc) is 2.38. The summed E-state index contributed by atoms with van der Waals surface area (Å²) in [4.78, 5) is 23.2. The van der Waals surface area contributed by atoms with Gasteiger partial charge in [-0.1, -0.05) is 41.5 Å². The molecule has 4 N–H and O–H groups in total. The van der Waals surface area contributed by atoms with Gasteiger partial charge in [0, 0.05) is 37.0 Å². The molecule has 0 saturated heterocycles. The van der Waals surface area contributed by atoms with Crippen molar-refractivity contribution in [2.75, 3.05) is 26.2 Å². The van der Waals surface area contributed by atoms with Gasteiger partial charge in [-0.15, -0.1) is 0 Å². The van der Waals surface area contributed by atoms with Crippen LogP contribution in [-0.4, -0.2) is 38.0 Å². The SMILES string of the molecule is CC(C)(C)C(=O)NCCCCNNCCNC(=O)C(C)(C)C. The van der Waals surface area contributed by atoms with Crippen molar-refractivity contribution >= 4 is 11.8 Å². The Balaban J connectivity index is 3.38. The Kier molecular flexibility index (Phi) is 9.28. The lowest BCUT2D eigenvalue weighted by molar-refractivity contribution is -0.129. The first-order valence-electron chi connectivity index (χ1n) is 8.07. The molecule has 2 amide bonds. The smallest absolute Gasteiger partial charge is 0.225 e. The standard InChI is InChI=1S/C16H34N4O2/c1-15(2,3)13(21)17-9-7-8-10-19-20-12-11-18-14(22)16(4,5)6/h19-20H,7-12H2,1-6H3,(H,17,21)(H,18,22). The van der Waals surface area contributed by atoms with Gasteiger partial charge < -0.3 is 10.6 Å². The van der Waals surface area contributed by atoms with Gasteiger partial charge in [-0.2, -0.15) is 0 Å². The molecular formula is C16H34N4O2. The second-order valence-electron chi connectivity index (χ2n) is 7.57. The van der Waals surface area contributed by atoms with E-state index >= 15 is 0 Å². The number of unbranched alkanes of at least 4 members (excludes halogenated alkanes) is 1. The van der Waals surface area contributed by atoms with E-state index in [2.05, 4.69) is 21.5 Å². The van der Waals surface area contributed by atoms with Crippen molar-refractivity contribution in [3.63, 3.8) is 0 Å². The number of rotatable bonds is 9. The zero-order chi connectivity index (χ0) is 17.2. The van der Waals surface area contributed by atoms with Crippen LogP contribution in [-0.2, 0) is 9.59 Å². The highest BCUT2D eigenvalue weighted by molar-refractivity contribution is 5.81. The molecule has 0 rings (SSSR count). The van der Waals surface area contributed by atoms with Crippen LogP contribution in [0, 0.1) is 10.8 Å². The van der Waals surface area contributed by atoms with Crippen LogP contribution >= 0.6 is 0 Å². The van der Waals surface area contributed by atoms with Crippen molar-refractivity contribution in [2.24, 2.45) is 10.8 Å². The van der Waals surface area contributed by atoms with Crippen LogP contribution in [0.3, 0.4) is 0 Å². The largest absolute Gasteiger partial charge is 0.356 e. The monoisotopic (exact) mass is 314 g/mol. The van der Waals surface area contributed by atoms with Crippen molar-refractivity contribution in [2.45, 2.75) is 54.4 Å². The Bertz CT molecular complexity index is 309. The Morgan fingerprint density at radius 1 is 0.636 bits per heavy atom. The molecule has 0 unspecified atom stereocenters. The lowest BCUT2D eigenvalue weighted by Crippen LogP contribution is -2.42. The maximum Gasteiger partial charge on any atom is 0.225 e. The van der Waals surface area contributed by atoms with Crippen LogP contribution in [0.5, 0.6) is 0 Å². The van der Waals surface area contributed by atoms with E-state index in [1.165, 1.54) is 0 Å². The highest BCUT2D eigenvalue weighted by atomic mass is 16.2. The lowest BCUT2D eigenvalue weighted by Gasteiger charge is -2.18.